The Morgan fingerprint density at radius 2 is 1.81 bits per heavy atom. The lowest BCUT2D eigenvalue weighted by Crippen LogP contribution is -2.49. The van der Waals surface area contributed by atoms with E-state index < -0.39 is 10.0 Å². The van der Waals surface area contributed by atoms with Gasteiger partial charge in [0.1, 0.15) is 5.75 Å². The molecule has 2 aromatic rings. The normalized spacial score (nSPS) is 18.1. The Kier molecular flexibility index (Phi) is 6.66. The van der Waals surface area contributed by atoms with Crippen LogP contribution in [0.3, 0.4) is 0 Å². The molecule has 1 fully saturated rings. The molecule has 1 unspecified atom stereocenters. The Bertz CT molecular complexity index is 1010. The van der Waals surface area contributed by atoms with Gasteiger partial charge in [0.05, 0.1) is 18.0 Å². The third-order valence-electron chi connectivity index (χ3n) is 5.91. The molecule has 8 nitrogen and oxygen atoms in total. The summed E-state index contributed by atoms with van der Waals surface area (Å²) in [4.78, 5) is 4.88. The van der Waals surface area contributed by atoms with Gasteiger partial charge in [0.2, 0.25) is 16.8 Å². The maximum absolute atomic E-state index is 13.0. The number of nitrogens with zero attached hydrogens (tertiary/aromatic N) is 2. The van der Waals surface area contributed by atoms with Crippen molar-refractivity contribution in [2.24, 2.45) is 0 Å². The van der Waals surface area contributed by atoms with E-state index in [4.69, 9.17) is 14.2 Å². The molecule has 0 spiro atoms. The van der Waals surface area contributed by atoms with E-state index in [-0.39, 0.29) is 24.3 Å². The Morgan fingerprint density at radius 3 is 2.55 bits per heavy atom. The third kappa shape index (κ3) is 4.79. The number of ether oxygens (including phenoxy) is 3. The van der Waals surface area contributed by atoms with Gasteiger partial charge in [-0.2, -0.15) is 0 Å². The average Bonchev–Trinajstić information content (AvgIpc) is 3.28. The summed E-state index contributed by atoms with van der Waals surface area (Å²) in [7, 11) is -2.08. The number of rotatable bonds is 8. The van der Waals surface area contributed by atoms with Crippen LogP contribution >= 0.6 is 0 Å². The van der Waals surface area contributed by atoms with Gasteiger partial charge in [0, 0.05) is 44.4 Å². The number of methoxy groups -OCH3 is 1. The molecule has 4 rings (SSSR count). The zero-order valence-corrected chi connectivity index (χ0v) is 18.7. The maximum atomic E-state index is 13.0. The topological polar surface area (TPSA) is 80.3 Å². The first-order valence-corrected chi connectivity index (χ1v) is 12.0. The molecule has 168 valence electrons. The summed E-state index contributed by atoms with van der Waals surface area (Å²) in [6.45, 7) is 7.16. The van der Waals surface area contributed by atoms with E-state index in [1.54, 1.807) is 13.2 Å². The highest BCUT2D eigenvalue weighted by Gasteiger charge is 2.29. The van der Waals surface area contributed by atoms with Gasteiger partial charge < -0.3 is 19.1 Å². The number of para-hydroxylation sites is 1. The molecular formula is C22H29N3O5S. The smallest absolute Gasteiger partial charge is 0.240 e. The van der Waals surface area contributed by atoms with Crippen LogP contribution in [0.2, 0.25) is 0 Å². The molecule has 1 atom stereocenters. The van der Waals surface area contributed by atoms with Crippen molar-refractivity contribution in [1.82, 2.24) is 14.5 Å². The lowest BCUT2D eigenvalue weighted by Gasteiger charge is -2.39. The van der Waals surface area contributed by atoms with Crippen LogP contribution in [0.25, 0.3) is 0 Å². The highest BCUT2D eigenvalue weighted by molar-refractivity contribution is 7.89. The number of hydrogen-bond donors (Lipinski definition) is 1. The molecule has 0 radical (unpaired) electrons. The first-order chi connectivity index (χ1) is 15.0. The van der Waals surface area contributed by atoms with Crippen LogP contribution in [0.4, 0.5) is 0 Å². The number of piperazine rings is 1. The van der Waals surface area contributed by atoms with Crippen LogP contribution in [-0.4, -0.2) is 71.4 Å². The van der Waals surface area contributed by atoms with Gasteiger partial charge in [0.25, 0.3) is 0 Å². The summed E-state index contributed by atoms with van der Waals surface area (Å²) in [6, 6.07) is 12.3. The van der Waals surface area contributed by atoms with Crippen LogP contribution in [0.1, 0.15) is 18.5 Å². The highest BCUT2D eigenvalue weighted by atomic mass is 32.2. The zero-order valence-electron chi connectivity index (χ0n) is 17.9. The molecule has 0 amide bonds. The Labute approximate surface area is 183 Å². The molecule has 0 aromatic heterocycles. The minimum Gasteiger partial charge on any atom is -0.496 e. The predicted octanol–water partition coefficient (Wildman–Crippen LogP) is 2.08. The summed E-state index contributed by atoms with van der Waals surface area (Å²) < 4.78 is 45.1. The van der Waals surface area contributed by atoms with Gasteiger partial charge >= 0.3 is 0 Å². The lowest BCUT2D eigenvalue weighted by molar-refractivity contribution is 0.0993. The van der Waals surface area contributed by atoms with Crippen LogP contribution in [-0.2, 0) is 10.0 Å². The van der Waals surface area contributed by atoms with Crippen LogP contribution < -0.4 is 18.9 Å². The Hall–Kier alpha value is -2.33. The molecule has 0 bridgehead atoms. The summed E-state index contributed by atoms with van der Waals surface area (Å²) in [5, 5.41) is 0. The molecule has 9 heteroatoms. The summed E-state index contributed by atoms with van der Waals surface area (Å²) >= 11 is 0. The van der Waals surface area contributed by atoms with Gasteiger partial charge in [-0.15, -0.1) is 0 Å². The van der Waals surface area contributed by atoms with Crippen LogP contribution in [0, 0.1) is 0 Å². The first kappa shape index (κ1) is 21.9. The molecule has 1 N–H and O–H groups in total. The van der Waals surface area contributed by atoms with Crippen molar-refractivity contribution < 1.29 is 22.6 Å². The fourth-order valence-electron chi connectivity index (χ4n) is 4.08. The number of likely N-dealkylation sites (N-methyl/N-ethyl adjacent to an activating group) is 1. The minimum absolute atomic E-state index is 0.103. The largest absolute Gasteiger partial charge is 0.496 e. The number of sulfonamides is 1. The van der Waals surface area contributed by atoms with E-state index in [2.05, 4.69) is 21.4 Å². The third-order valence-corrected chi connectivity index (χ3v) is 7.34. The fourth-order valence-corrected chi connectivity index (χ4v) is 5.14. The number of hydrogen-bond acceptors (Lipinski definition) is 7. The monoisotopic (exact) mass is 447 g/mol. The van der Waals surface area contributed by atoms with Crippen molar-refractivity contribution in [2.75, 3.05) is 53.2 Å². The van der Waals surface area contributed by atoms with Crippen LogP contribution in [0.5, 0.6) is 17.2 Å². The molecule has 1 saturated heterocycles. The maximum Gasteiger partial charge on any atom is 0.240 e. The van der Waals surface area contributed by atoms with Crippen molar-refractivity contribution in [2.45, 2.75) is 17.9 Å². The molecule has 2 aliphatic rings. The fraction of sp³-hybridized carbons (Fsp3) is 0.455. The van der Waals surface area contributed by atoms with Gasteiger partial charge in [-0.3, -0.25) is 4.90 Å². The van der Waals surface area contributed by atoms with Crippen molar-refractivity contribution in [3.8, 4) is 17.2 Å². The Morgan fingerprint density at radius 1 is 1.06 bits per heavy atom. The minimum atomic E-state index is -3.72. The SMILES string of the molecule is CCN1CCN(C(CNS(=O)(=O)c2ccc3c(c2)OCO3)c2ccccc2OC)CC1. The lowest BCUT2D eigenvalue weighted by atomic mass is 10.0. The number of benzene rings is 2. The summed E-state index contributed by atoms with van der Waals surface area (Å²) in [5.41, 5.74) is 0.975. The van der Waals surface area contributed by atoms with Crippen molar-refractivity contribution >= 4 is 10.0 Å². The predicted molar refractivity (Wildman–Crippen MR) is 117 cm³/mol. The Balaban J connectivity index is 1.56. The zero-order chi connectivity index (χ0) is 21.8. The molecule has 31 heavy (non-hydrogen) atoms. The van der Waals surface area contributed by atoms with Crippen molar-refractivity contribution in [3.05, 3.63) is 48.0 Å². The van der Waals surface area contributed by atoms with E-state index >= 15 is 0 Å². The second-order valence-electron chi connectivity index (χ2n) is 7.59. The molecule has 2 aliphatic heterocycles. The first-order valence-electron chi connectivity index (χ1n) is 10.5. The van der Waals surface area contributed by atoms with E-state index in [1.807, 2.05) is 24.3 Å². The summed E-state index contributed by atoms with van der Waals surface area (Å²) in [6.07, 6.45) is 0. The van der Waals surface area contributed by atoms with E-state index in [0.29, 0.717) is 11.5 Å². The van der Waals surface area contributed by atoms with E-state index in [9.17, 15) is 8.42 Å². The summed E-state index contributed by atoms with van der Waals surface area (Å²) in [5.74, 6) is 1.76. The van der Waals surface area contributed by atoms with E-state index in [1.165, 1.54) is 12.1 Å². The highest BCUT2D eigenvalue weighted by Crippen LogP contribution is 2.34. The van der Waals surface area contributed by atoms with Crippen LogP contribution in [0.15, 0.2) is 47.4 Å². The quantitative estimate of drug-likeness (QED) is 0.664. The molecule has 0 aliphatic carbocycles. The molecule has 2 heterocycles. The number of nitrogens with one attached hydrogen (secondary N) is 1. The van der Waals surface area contributed by atoms with Gasteiger partial charge in [-0.25, -0.2) is 13.1 Å². The molecule has 2 aromatic carbocycles. The molecular weight excluding hydrogens is 418 g/mol. The van der Waals surface area contributed by atoms with Crippen molar-refractivity contribution in [3.63, 3.8) is 0 Å². The van der Waals surface area contributed by atoms with Gasteiger partial charge in [-0.05, 0) is 24.7 Å². The van der Waals surface area contributed by atoms with Gasteiger partial charge in [0.15, 0.2) is 11.5 Å². The average molecular weight is 448 g/mol. The van der Waals surface area contributed by atoms with Gasteiger partial charge in [-0.1, -0.05) is 25.1 Å². The molecule has 0 saturated carbocycles. The van der Waals surface area contributed by atoms with E-state index in [0.717, 1.165) is 44.0 Å². The second kappa shape index (κ2) is 9.44. The number of fused-ring (bicyclic) bond motifs is 1. The standard InChI is InChI=1S/C22H29N3O5S/c1-3-24-10-12-25(13-11-24)19(18-6-4-5-7-20(18)28-2)15-23-31(26,27)17-8-9-21-22(14-17)30-16-29-21/h4-9,14,19,23H,3,10-13,15-16H2,1-2H3. The van der Waals surface area contributed by atoms with Crippen molar-refractivity contribution in [1.29, 1.82) is 0 Å². The second-order valence-corrected chi connectivity index (χ2v) is 9.36.